The molecule has 0 unspecified atom stereocenters. The van der Waals surface area contributed by atoms with Crippen LogP contribution in [0.3, 0.4) is 0 Å². The molecule has 200 valence electrons. The van der Waals surface area contributed by atoms with Crippen molar-refractivity contribution in [2.75, 3.05) is 18.4 Å². The van der Waals surface area contributed by atoms with E-state index in [1.807, 2.05) is 0 Å². The molecule has 2 aliphatic rings. The molecule has 0 aromatic heterocycles. The van der Waals surface area contributed by atoms with E-state index in [9.17, 15) is 29.2 Å². The first-order valence-electron chi connectivity index (χ1n) is 12.3. The predicted molar refractivity (Wildman–Crippen MR) is 146 cm³/mol. The first-order chi connectivity index (χ1) is 18.8. The lowest BCUT2D eigenvalue weighted by Gasteiger charge is -2.17. The maximum Gasteiger partial charge on any atom is 0.336 e. The molecular weight excluding hydrogens is 504 g/mol. The molecule has 0 fully saturated rings. The standard InChI is InChI=1S/C28H26N4O7/c29-11-2-12-30-25(34)3-1-4-26(35)31-16-5-8-19(22(13-16)28(36)37)27-20-9-6-17(32-38)14-23(20)39-24-15-18(33)7-10-21(24)27/h5-10,13-15H,1-4,11-12,29H2,(H,30,34)(H,31,35)(H,36,37). The van der Waals surface area contributed by atoms with E-state index in [0.29, 0.717) is 48.0 Å². The number of carboxylic acid groups (broad SMARTS) is 1. The molecule has 0 atom stereocenters. The molecule has 0 spiro atoms. The summed E-state index contributed by atoms with van der Waals surface area (Å²) in [4.78, 5) is 59.6. The maximum absolute atomic E-state index is 12.4. The fourth-order valence-corrected chi connectivity index (χ4v) is 4.27. The second kappa shape index (κ2) is 12.1. The third-order valence-corrected chi connectivity index (χ3v) is 6.10. The lowest BCUT2D eigenvalue weighted by Crippen LogP contribution is -2.26. The number of carbonyl (C=O) groups is 3. The zero-order valence-corrected chi connectivity index (χ0v) is 20.9. The van der Waals surface area contributed by atoms with Crippen LogP contribution in [-0.2, 0) is 9.59 Å². The van der Waals surface area contributed by atoms with Crippen molar-refractivity contribution >= 4 is 40.1 Å². The van der Waals surface area contributed by atoms with E-state index in [1.54, 1.807) is 24.3 Å². The molecule has 1 aliphatic heterocycles. The molecule has 4 rings (SSSR count). The van der Waals surface area contributed by atoms with E-state index in [0.717, 1.165) is 0 Å². The number of anilines is 1. The second-order valence-corrected chi connectivity index (χ2v) is 8.87. The summed E-state index contributed by atoms with van der Waals surface area (Å²) in [5.41, 5.74) is 6.95. The van der Waals surface area contributed by atoms with Crippen LogP contribution in [0, 0.1) is 4.91 Å². The largest absolute Gasteiger partial charge is 0.478 e. The SMILES string of the molecule is NCCCNC(=O)CCCC(=O)Nc1ccc(-c2c3ccc(=O)cc-3oc3cc(N=O)ccc23)c(C(=O)O)c1. The minimum Gasteiger partial charge on any atom is -0.478 e. The first kappa shape index (κ1) is 27.1. The van der Waals surface area contributed by atoms with Gasteiger partial charge in [0, 0.05) is 53.7 Å². The number of hydrogen-bond donors (Lipinski definition) is 4. The van der Waals surface area contributed by atoms with Gasteiger partial charge in [-0.05, 0) is 66.5 Å². The fourth-order valence-electron chi connectivity index (χ4n) is 4.27. The molecule has 2 aromatic rings. The van der Waals surface area contributed by atoms with Crippen molar-refractivity contribution in [2.24, 2.45) is 10.9 Å². The number of nitroso groups, excluding NO2 is 1. The van der Waals surface area contributed by atoms with E-state index in [2.05, 4.69) is 15.8 Å². The molecule has 0 saturated heterocycles. The molecule has 1 heterocycles. The van der Waals surface area contributed by atoms with Crippen LogP contribution in [-0.4, -0.2) is 36.0 Å². The summed E-state index contributed by atoms with van der Waals surface area (Å²) in [7, 11) is 0. The summed E-state index contributed by atoms with van der Waals surface area (Å²) in [6.07, 6.45) is 1.26. The number of nitrogens with one attached hydrogen (secondary N) is 2. The molecule has 2 amide bonds. The fraction of sp³-hybridized carbons (Fsp3) is 0.214. The molecule has 0 radical (unpaired) electrons. The zero-order chi connectivity index (χ0) is 27.9. The Morgan fingerprint density at radius 2 is 1.69 bits per heavy atom. The Balaban J connectivity index is 1.64. The molecule has 1 aliphatic carbocycles. The van der Waals surface area contributed by atoms with Crippen molar-refractivity contribution < 1.29 is 23.9 Å². The van der Waals surface area contributed by atoms with E-state index < -0.39 is 5.97 Å². The highest BCUT2D eigenvalue weighted by atomic mass is 16.4. The Morgan fingerprint density at radius 3 is 2.44 bits per heavy atom. The van der Waals surface area contributed by atoms with Crippen LogP contribution in [0.1, 0.15) is 36.0 Å². The van der Waals surface area contributed by atoms with Gasteiger partial charge in [0.2, 0.25) is 11.8 Å². The summed E-state index contributed by atoms with van der Waals surface area (Å²) in [6, 6.07) is 13.2. The Kier molecular flexibility index (Phi) is 8.42. The van der Waals surface area contributed by atoms with Crippen molar-refractivity contribution in [1.82, 2.24) is 5.32 Å². The number of amides is 2. The quantitative estimate of drug-likeness (QED) is 0.126. The summed E-state index contributed by atoms with van der Waals surface area (Å²) in [5.74, 6) is -1.54. The lowest BCUT2D eigenvalue weighted by molar-refractivity contribution is -0.121. The van der Waals surface area contributed by atoms with E-state index in [4.69, 9.17) is 10.2 Å². The summed E-state index contributed by atoms with van der Waals surface area (Å²) in [5, 5.41) is 18.9. The normalized spacial score (nSPS) is 10.9. The van der Waals surface area contributed by atoms with Crippen molar-refractivity contribution in [3.63, 3.8) is 0 Å². The van der Waals surface area contributed by atoms with Crippen molar-refractivity contribution in [2.45, 2.75) is 25.7 Å². The number of carbonyl (C=O) groups excluding carboxylic acids is 2. The highest BCUT2D eigenvalue weighted by Crippen LogP contribution is 2.42. The van der Waals surface area contributed by atoms with Crippen molar-refractivity contribution in [3.8, 4) is 22.5 Å². The monoisotopic (exact) mass is 530 g/mol. The first-order valence-corrected chi connectivity index (χ1v) is 12.3. The molecule has 2 aromatic carbocycles. The van der Waals surface area contributed by atoms with E-state index >= 15 is 0 Å². The Labute approximate surface area is 222 Å². The highest BCUT2D eigenvalue weighted by Gasteiger charge is 2.22. The second-order valence-electron chi connectivity index (χ2n) is 8.87. The summed E-state index contributed by atoms with van der Waals surface area (Å²) < 4.78 is 5.85. The van der Waals surface area contributed by atoms with Gasteiger partial charge in [-0.15, -0.1) is 4.91 Å². The van der Waals surface area contributed by atoms with Gasteiger partial charge >= 0.3 is 5.97 Å². The molecule has 0 saturated carbocycles. The van der Waals surface area contributed by atoms with E-state index in [1.165, 1.54) is 30.3 Å². The van der Waals surface area contributed by atoms with Gasteiger partial charge < -0.3 is 25.9 Å². The van der Waals surface area contributed by atoms with Crippen LogP contribution >= 0.6 is 0 Å². The number of rotatable bonds is 11. The van der Waals surface area contributed by atoms with Crippen molar-refractivity contribution in [1.29, 1.82) is 0 Å². The Hall–Kier alpha value is -4.90. The van der Waals surface area contributed by atoms with Crippen LogP contribution in [0.15, 0.2) is 69.0 Å². The van der Waals surface area contributed by atoms with Crippen LogP contribution < -0.4 is 21.8 Å². The molecule has 5 N–H and O–H groups in total. The van der Waals surface area contributed by atoms with Crippen molar-refractivity contribution in [3.05, 3.63) is 75.3 Å². The van der Waals surface area contributed by atoms with Gasteiger partial charge in [-0.25, -0.2) is 4.79 Å². The van der Waals surface area contributed by atoms with Gasteiger partial charge in [0.05, 0.1) is 5.56 Å². The minimum absolute atomic E-state index is 0.0779. The van der Waals surface area contributed by atoms with Crippen LogP contribution in [0.25, 0.3) is 33.4 Å². The van der Waals surface area contributed by atoms with Gasteiger partial charge in [-0.1, -0.05) is 6.07 Å². The van der Waals surface area contributed by atoms with Gasteiger partial charge in [0.1, 0.15) is 17.0 Å². The molecule has 39 heavy (non-hydrogen) atoms. The Bertz CT molecular complexity index is 1590. The molecule has 11 nitrogen and oxygen atoms in total. The maximum atomic E-state index is 12.4. The summed E-state index contributed by atoms with van der Waals surface area (Å²) >= 11 is 0. The predicted octanol–water partition coefficient (Wildman–Crippen LogP) is 4.23. The van der Waals surface area contributed by atoms with Gasteiger partial charge in [-0.2, -0.15) is 0 Å². The van der Waals surface area contributed by atoms with Gasteiger partial charge in [0.15, 0.2) is 5.43 Å². The van der Waals surface area contributed by atoms with Gasteiger partial charge in [0.25, 0.3) is 0 Å². The topological polar surface area (TPSA) is 181 Å². The molecule has 0 bridgehead atoms. The van der Waals surface area contributed by atoms with E-state index in [-0.39, 0.29) is 58.4 Å². The number of hydrogen-bond acceptors (Lipinski definition) is 8. The summed E-state index contributed by atoms with van der Waals surface area (Å²) in [6.45, 7) is 0.963. The highest BCUT2D eigenvalue weighted by molar-refractivity contribution is 6.08. The molecular formula is C28H26N4O7. The number of carboxylic acids is 1. The van der Waals surface area contributed by atoms with Crippen LogP contribution in [0.2, 0.25) is 0 Å². The van der Waals surface area contributed by atoms with Crippen LogP contribution in [0.4, 0.5) is 11.4 Å². The van der Waals surface area contributed by atoms with Crippen LogP contribution in [0.5, 0.6) is 0 Å². The Morgan fingerprint density at radius 1 is 0.923 bits per heavy atom. The zero-order valence-electron chi connectivity index (χ0n) is 20.9. The average molecular weight is 531 g/mol. The number of aromatic carboxylic acids is 1. The smallest absolute Gasteiger partial charge is 0.336 e. The average Bonchev–Trinajstić information content (AvgIpc) is 2.91. The number of nitrogens with zero attached hydrogens (tertiary/aromatic N) is 1. The number of fused-ring (bicyclic) bond motifs is 2. The minimum atomic E-state index is -1.23. The number of nitrogens with two attached hydrogens (primary N) is 1. The molecule has 11 heteroatoms. The third kappa shape index (κ3) is 6.33. The third-order valence-electron chi connectivity index (χ3n) is 6.10. The lowest BCUT2D eigenvalue weighted by atomic mass is 9.90. The van der Waals surface area contributed by atoms with Gasteiger partial charge in [-0.3, -0.25) is 14.4 Å². The number of benzene rings is 3.